The fraction of sp³-hybridized carbons (Fsp3) is 0.440. The molecule has 4 rings (SSSR count). The van der Waals surface area contributed by atoms with Gasteiger partial charge in [-0.3, -0.25) is 9.69 Å². The minimum Gasteiger partial charge on any atom is -0.489 e. The number of aromatic nitrogens is 3. The number of aryl methyl sites for hydroxylation is 1. The van der Waals surface area contributed by atoms with Gasteiger partial charge in [0.05, 0.1) is 30.3 Å². The van der Waals surface area contributed by atoms with Crippen LogP contribution in [0.1, 0.15) is 42.8 Å². The Bertz CT molecular complexity index is 1120. The van der Waals surface area contributed by atoms with Gasteiger partial charge in [-0.15, -0.1) is 5.10 Å². The van der Waals surface area contributed by atoms with E-state index in [1.807, 2.05) is 43.3 Å². The summed E-state index contributed by atoms with van der Waals surface area (Å²) in [5.74, 6) is 1.83. The molecule has 1 aliphatic heterocycles. The van der Waals surface area contributed by atoms with Crippen LogP contribution in [0.4, 0.5) is 0 Å². The number of benzene rings is 1. The van der Waals surface area contributed by atoms with Crippen LogP contribution in [0, 0.1) is 12.3 Å². The van der Waals surface area contributed by atoms with Gasteiger partial charge < -0.3 is 14.8 Å². The molecule has 0 spiro atoms. The second kappa shape index (κ2) is 10.9. The average Bonchev–Trinajstić information content (AvgIpc) is 3.22. The molecule has 0 bridgehead atoms. The first kappa shape index (κ1) is 24.1. The molecule has 0 fully saturated rings. The van der Waals surface area contributed by atoms with Gasteiger partial charge >= 0.3 is 0 Å². The molecule has 34 heavy (non-hydrogen) atoms. The number of rotatable bonds is 4. The average molecular weight is 482 g/mol. The monoisotopic (exact) mass is 481 g/mol. The highest BCUT2D eigenvalue weighted by atomic mass is 32.1. The van der Waals surface area contributed by atoms with Crippen molar-refractivity contribution in [2.24, 2.45) is 5.41 Å². The van der Waals surface area contributed by atoms with Crippen LogP contribution in [-0.4, -0.2) is 45.1 Å². The van der Waals surface area contributed by atoms with E-state index in [-0.39, 0.29) is 17.9 Å². The van der Waals surface area contributed by atoms with Crippen LogP contribution in [0.15, 0.2) is 42.6 Å². The number of fused-ring (bicyclic) bond motifs is 2. The van der Waals surface area contributed by atoms with E-state index in [4.69, 9.17) is 9.47 Å². The number of pyridine rings is 1. The van der Waals surface area contributed by atoms with Crippen molar-refractivity contribution in [1.29, 1.82) is 0 Å². The molecule has 9 heteroatoms. The summed E-state index contributed by atoms with van der Waals surface area (Å²) in [4.78, 5) is 20.4. The summed E-state index contributed by atoms with van der Waals surface area (Å²) in [6.45, 7) is 8.94. The summed E-state index contributed by atoms with van der Waals surface area (Å²) in [6, 6.07) is 11.6. The molecular weight excluding hydrogens is 450 g/mol. The van der Waals surface area contributed by atoms with Crippen LogP contribution in [0.25, 0.3) is 0 Å². The molecule has 0 radical (unpaired) electrons. The van der Waals surface area contributed by atoms with Gasteiger partial charge in [0, 0.05) is 18.3 Å². The quantitative estimate of drug-likeness (QED) is 0.592. The minimum atomic E-state index is -0.0311. The fourth-order valence-corrected chi connectivity index (χ4v) is 4.40. The predicted molar refractivity (Wildman–Crippen MR) is 131 cm³/mol. The Hall–Kier alpha value is -3.04. The van der Waals surface area contributed by atoms with Crippen molar-refractivity contribution in [3.8, 4) is 17.4 Å². The number of carbonyl (C=O) groups excluding carboxylic acids is 1. The molecule has 180 valence electrons. The number of hydrogen-bond donors (Lipinski definition) is 1. The van der Waals surface area contributed by atoms with E-state index in [2.05, 4.69) is 38.6 Å². The lowest BCUT2D eigenvalue weighted by Gasteiger charge is -2.27. The molecule has 0 saturated heterocycles. The SMILES string of the molecule is Cc1nnsc1CNC(=O)CN1CCCC(C)(C)COc2ccccc2Oc2ncccc2C1. The van der Waals surface area contributed by atoms with Crippen LogP contribution in [0.5, 0.6) is 17.4 Å². The van der Waals surface area contributed by atoms with Gasteiger partial charge in [-0.25, -0.2) is 4.98 Å². The van der Waals surface area contributed by atoms with E-state index in [1.54, 1.807) is 6.20 Å². The van der Waals surface area contributed by atoms with Gasteiger partial charge in [0.15, 0.2) is 11.5 Å². The zero-order chi connectivity index (χ0) is 24.0. The molecular formula is C25H31N5O3S. The van der Waals surface area contributed by atoms with Crippen LogP contribution in [0.3, 0.4) is 0 Å². The largest absolute Gasteiger partial charge is 0.489 e. The Kier molecular flexibility index (Phi) is 7.74. The summed E-state index contributed by atoms with van der Waals surface area (Å²) in [5.41, 5.74) is 1.76. The van der Waals surface area contributed by atoms with E-state index in [0.29, 0.717) is 37.1 Å². The minimum absolute atomic E-state index is 0.0170. The molecule has 2 aromatic heterocycles. The highest BCUT2D eigenvalue weighted by Gasteiger charge is 2.23. The van der Waals surface area contributed by atoms with Gasteiger partial charge in [0.1, 0.15) is 0 Å². The maximum absolute atomic E-state index is 12.8. The number of ether oxygens (including phenoxy) is 2. The number of carbonyl (C=O) groups is 1. The van der Waals surface area contributed by atoms with Gasteiger partial charge in [0.25, 0.3) is 0 Å². The third kappa shape index (κ3) is 6.51. The van der Waals surface area contributed by atoms with Crippen LogP contribution in [0.2, 0.25) is 0 Å². The normalized spacial score (nSPS) is 16.4. The lowest BCUT2D eigenvalue weighted by atomic mass is 9.88. The molecule has 8 nitrogen and oxygen atoms in total. The molecule has 1 amide bonds. The summed E-state index contributed by atoms with van der Waals surface area (Å²) in [5, 5.41) is 7.01. The standard InChI is InChI=1S/C25H31N5O3S/c1-18-22(34-29-28-18)14-27-23(31)16-30-13-7-11-25(2,3)17-32-20-9-4-5-10-21(20)33-24-19(15-30)8-6-12-26-24/h4-6,8-10,12H,7,11,13-17H2,1-3H3,(H,27,31). The Morgan fingerprint density at radius 2 is 2.03 bits per heavy atom. The van der Waals surface area contributed by atoms with E-state index in [1.165, 1.54) is 11.5 Å². The van der Waals surface area contributed by atoms with Crippen LogP contribution in [-0.2, 0) is 17.9 Å². The summed E-state index contributed by atoms with van der Waals surface area (Å²) < 4.78 is 16.3. The molecule has 0 aliphatic carbocycles. The third-order valence-corrected chi connectivity index (χ3v) is 6.63. The Balaban J connectivity index is 1.53. The van der Waals surface area contributed by atoms with Crippen molar-refractivity contribution in [2.75, 3.05) is 19.7 Å². The topological polar surface area (TPSA) is 89.5 Å². The summed E-state index contributed by atoms with van der Waals surface area (Å²) in [7, 11) is 0. The Labute approximate surface area is 204 Å². The maximum atomic E-state index is 12.8. The molecule has 1 N–H and O–H groups in total. The zero-order valence-corrected chi connectivity index (χ0v) is 20.7. The van der Waals surface area contributed by atoms with Gasteiger partial charge in [-0.2, -0.15) is 0 Å². The smallest absolute Gasteiger partial charge is 0.234 e. The molecule has 3 heterocycles. The van der Waals surface area contributed by atoms with E-state index < -0.39 is 0 Å². The summed E-state index contributed by atoms with van der Waals surface area (Å²) in [6.07, 6.45) is 3.63. The molecule has 0 atom stereocenters. The molecule has 0 unspecified atom stereocenters. The number of nitrogens with one attached hydrogen (secondary N) is 1. The molecule has 1 aliphatic rings. The first-order chi connectivity index (χ1) is 16.4. The first-order valence-electron chi connectivity index (χ1n) is 11.5. The highest BCUT2D eigenvalue weighted by molar-refractivity contribution is 7.05. The number of hydrogen-bond acceptors (Lipinski definition) is 8. The third-order valence-electron chi connectivity index (χ3n) is 5.80. The van der Waals surface area contributed by atoms with Gasteiger partial charge in [-0.05, 0) is 61.5 Å². The summed E-state index contributed by atoms with van der Waals surface area (Å²) >= 11 is 1.31. The van der Waals surface area contributed by atoms with Crippen molar-refractivity contribution in [3.05, 3.63) is 58.7 Å². The van der Waals surface area contributed by atoms with Crippen molar-refractivity contribution < 1.29 is 14.3 Å². The lowest BCUT2D eigenvalue weighted by Crippen LogP contribution is -2.37. The maximum Gasteiger partial charge on any atom is 0.234 e. The zero-order valence-electron chi connectivity index (χ0n) is 19.9. The second-order valence-electron chi connectivity index (χ2n) is 9.34. The highest BCUT2D eigenvalue weighted by Crippen LogP contribution is 2.34. The van der Waals surface area contributed by atoms with Crippen molar-refractivity contribution in [2.45, 2.75) is 46.7 Å². The van der Waals surface area contributed by atoms with E-state index >= 15 is 0 Å². The number of amides is 1. The van der Waals surface area contributed by atoms with Gasteiger partial charge in [0.2, 0.25) is 11.8 Å². The molecule has 1 aromatic carbocycles. The van der Waals surface area contributed by atoms with Crippen molar-refractivity contribution >= 4 is 17.4 Å². The second-order valence-corrected chi connectivity index (χ2v) is 10.2. The van der Waals surface area contributed by atoms with Crippen LogP contribution < -0.4 is 14.8 Å². The number of nitrogens with zero attached hydrogens (tertiary/aromatic N) is 4. The lowest BCUT2D eigenvalue weighted by molar-refractivity contribution is -0.122. The van der Waals surface area contributed by atoms with E-state index in [9.17, 15) is 4.79 Å². The van der Waals surface area contributed by atoms with E-state index in [0.717, 1.165) is 35.5 Å². The van der Waals surface area contributed by atoms with Crippen LogP contribution >= 0.6 is 11.5 Å². The van der Waals surface area contributed by atoms with Crippen molar-refractivity contribution in [3.63, 3.8) is 0 Å². The number of para-hydroxylation sites is 2. The fourth-order valence-electron chi connectivity index (χ4n) is 3.83. The Morgan fingerprint density at radius 1 is 1.21 bits per heavy atom. The van der Waals surface area contributed by atoms with Crippen molar-refractivity contribution in [1.82, 2.24) is 24.8 Å². The molecule has 3 aromatic rings. The Morgan fingerprint density at radius 3 is 2.82 bits per heavy atom. The molecule has 0 saturated carbocycles. The predicted octanol–water partition coefficient (Wildman–Crippen LogP) is 4.35. The first-order valence-corrected chi connectivity index (χ1v) is 12.3. The van der Waals surface area contributed by atoms with Gasteiger partial charge in [-0.1, -0.05) is 36.5 Å².